The van der Waals surface area contributed by atoms with Crippen molar-refractivity contribution in [2.45, 2.75) is 31.7 Å². The molecule has 3 aromatic rings. The number of carboxylic acids is 1. The topological polar surface area (TPSA) is 60.9 Å². The van der Waals surface area contributed by atoms with E-state index >= 15 is 0 Å². The predicted octanol–water partition coefficient (Wildman–Crippen LogP) is 4.88. The summed E-state index contributed by atoms with van der Waals surface area (Å²) in [4.78, 5) is 29.3. The molecule has 1 aliphatic rings. The van der Waals surface area contributed by atoms with Crippen molar-refractivity contribution in [1.29, 1.82) is 0 Å². The molecule has 0 radical (unpaired) electrons. The molecule has 1 atom stereocenters. The SMILES string of the molecule is Cc1ccc([C@@H](CCC(=O)O)N2CCN(C(=O)C(c3ccccc3)c3ccccc3)CC2)cc1. The number of aryl methyl sites for hydroxylation is 1. The molecule has 176 valence electrons. The monoisotopic (exact) mass is 456 g/mol. The second-order valence-electron chi connectivity index (χ2n) is 8.97. The standard InChI is InChI=1S/C29H32N2O3/c1-22-12-14-23(15-13-22)26(16-17-27(32)33)30-18-20-31(21-19-30)29(34)28(24-8-4-2-5-9-24)25-10-6-3-7-11-25/h2-15,26,28H,16-21H2,1H3,(H,32,33)/t26-/m1/s1. The number of carboxylic acid groups (broad SMARTS) is 1. The Labute approximate surface area is 201 Å². The van der Waals surface area contributed by atoms with E-state index in [9.17, 15) is 14.7 Å². The van der Waals surface area contributed by atoms with Crippen LogP contribution in [0.4, 0.5) is 0 Å². The summed E-state index contributed by atoms with van der Waals surface area (Å²) >= 11 is 0. The minimum Gasteiger partial charge on any atom is -0.481 e. The second kappa shape index (κ2) is 11.1. The number of hydrogen-bond acceptors (Lipinski definition) is 3. The maximum Gasteiger partial charge on any atom is 0.303 e. The van der Waals surface area contributed by atoms with E-state index in [1.165, 1.54) is 5.56 Å². The molecule has 0 aliphatic carbocycles. The Hall–Kier alpha value is -3.44. The van der Waals surface area contributed by atoms with Crippen molar-refractivity contribution < 1.29 is 14.7 Å². The molecule has 1 fully saturated rings. The average molecular weight is 457 g/mol. The zero-order valence-corrected chi connectivity index (χ0v) is 19.6. The van der Waals surface area contributed by atoms with Gasteiger partial charge in [0.05, 0.1) is 5.92 Å². The van der Waals surface area contributed by atoms with Gasteiger partial charge in [0.2, 0.25) is 5.91 Å². The van der Waals surface area contributed by atoms with Gasteiger partial charge in [0.15, 0.2) is 0 Å². The number of carbonyl (C=O) groups is 2. The lowest BCUT2D eigenvalue weighted by Gasteiger charge is -2.40. The first kappa shape index (κ1) is 23.7. The van der Waals surface area contributed by atoms with E-state index in [0.717, 1.165) is 29.8 Å². The molecule has 1 aliphatic heterocycles. The molecular weight excluding hydrogens is 424 g/mol. The first-order valence-electron chi connectivity index (χ1n) is 11.9. The summed E-state index contributed by atoms with van der Waals surface area (Å²) in [6.45, 7) is 4.76. The van der Waals surface area contributed by atoms with Gasteiger partial charge in [0.25, 0.3) is 0 Å². The van der Waals surface area contributed by atoms with Crippen molar-refractivity contribution in [3.63, 3.8) is 0 Å². The summed E-state index contributed by atoms with van der Waals surface area (Å²) in [6, 6.07) is 28.3. The molecule has 5 nitrogen and oxygen atoms in total. The largest absolute Gasteiger partial charge is 0.481 e. The maximum absolute atomic E-state index is 13.7. The number of rotatable bonds is 8. The molecule has 5 heteroatoms. The Balaban J connectivity index is 1.50. The third kappa shape index (κ3) is 5.72. The highest BCUT2D eigenvalue weighted by Crippen LogP contribution is 2.30. The highest BCUT2D eigenvalue weighted by atomic mass is 16.4. The van der Waals surface area contributed by atoms with Crippen molar-refractivity contribution >= 4 is 11.9 Å². The number of carbonyl (C=O) groups excluding carboxylic acids is 1. The first-order valence-corrected chi connectivity index (χ1v) is 11.9. The lowest BCUT2D eigenvalue weighted by molar-refractivity contribution is -0.137. The van der Waals surface area contributed by atoms with Gasteiger partial charge in [-0.3, -0.25) is 14.5 Å². The van der Waals surface area contributed by atoms with Gasteiger partial charge >= 0.3 is 5.97 Å². The lowest BCUT2D eigenvalue weighted by Crippen LogP contribution is -2.51. The average Bonchev–Trinajstić information content (AvgIpc) is 2.87. The molecule has 0 aromatic heterocycles. The normalized spacial score (nSPS) is 15.3. The molecule has 1 heterocycles. The fourth-order valence-corrected chi connectivity index (χ4v) is 4.81. The number of hydrogen-bond donors (Lipinski definition) is 1. The number of benzene rings is 3. The van der Waals surface area contributed by atoms with Crippen LogP contribution in [-0.4, -0.2) is 53.0 Å². The summed E-state index contributed by atoms with van der Waals surface area (Å²) in [7, 11) is 0. The van der Waals surface area contributed by atoms with E-state index in [2.05, 4.69) is 36.1 Å². The maximum atomic E-state index is 13.7. The van der Waals surface area contributed by atoms with E-state index in [0.29, 0.717) is 19.5 Å². The highest BCUT2D eigenvalue weighted by Gasteiger charge is 2.32. The van der Waals surface area contributed by atoms with Crippen LogP contribution in [0.1, 0.15) is 47.1 Å². The van der Waals surface area contributed by atoms with Gasteiger partial charge in [-0.05, 0) is 30.0 Å². The summed E-state index contributed by atoms with van der Waals surface area (Å²) < 4.78 is 0. The zero-order valence-electron chi connectivity index (χ0n) is 19.6. The fourth-order valence-electron chi connectivity index (χ4n) is 4.81. The van der Waals surface area contributed by atoms with Gasteiger partial charge in [-0.15, -0.1) is 0 Å². The first-order chi connectivity index (χ1) is 16.5. The number of aliphatic carboxylic acids is 1. The number of nitrogens with zero attached hydrogens (tertiary/aromatic N) is 2. The van der Waals surface area contributed by atoms with Gasteiger partial charge in [-0.1, -0.05) is 90.5 Å². The van der Waals surface area contributed by atoms with Crippen LogP contribution in [0.3, 0.4) is 0 Å². The minimum atomic E-state index is -0.778. The number of piperazine rings is 1. The van der Waals surface area contributed by atoms with Crippen LogP contribution >= 0.6 is 0 Å². The Morgan fingerprint density at radius 1 is 0.765 bits per heavy atom. The molecule has 0 spiro atoms. The van der Waals surface area contributed by atoms with Crippen LogP contribution in [0.15, 0.2) is 84.9 Å². The Morgan fingerprint density at radius 3 is 1.79 bits per heavy atom. The van der Waals surface area contributed by atoms with Crippen molar-refractivity contribution in [3.8, 4) is 0 Å². The van der Waals surface area contributed by atoms with Crippen LogP contribution in [0.5, 0.6) is 0 Å². The molecule has 0 saturated carbocycles. The van der Waals surface area contributed by atoms with E-state index in [4.69, 9.17) is 0 Å². The second-order valence-corrected chi connectivity index (χ2v) is 8.97. The number of amides is 1. The van der Waals surface area contributed by atoms with E-state index < -0.39 is 5.97 Å². The molecule has 1 N–H and O–H groups in total. The smallest absolute Gasteiger partial charge is 0.303 e. The Bertz CT molecular complexity index is 1040. The molecule has 0 unspecified atom stereocenters. The van der Waals surface area contributed by atoms with E-state index in [-0.39, 0.29) is 24.3 Å². The fraction of sp³-hybridized carbons (Fsp3) is 0.310. The predicted molar refractivity (Wildman–Crippen MR) is 134 cm³/mol. The van der Waals surface area contributed by atoms with Gasteiger partial charge in [-0.25, -0.2) is 0 Å². The Morgan fingerprint density at radius 2 is 1.29 bits per heavy atom. The van der Waals surface area contributed by atoms with Crippen LogP contribution in [0, 0.1) is 6.92 Å². The van der Waals surface area contributed by atoms with E-state index in [1.54, 1.807) is 0 Å². The molecule has 3 aromatic carbocycles. The Kier molecular flexibility index (Phi) is 7.76. The quantitative estimate of drug-likeness (QED) is 0.525. The van der Waals surface area contributed by atoms with Crippen molar-refractivity contribution in [1.82, 2.24) is 9.80 Å². The van der Waals surface area contributed by atoms with E-state index in [1.807, 2.05) is 65.6 Å². The van der Waals surface area contributed by atoms with Gasteiger partial charge in [0.1, 0.15) is 0 Å². The van der Waals surface area contributed by atoms with Gasteiger partial charge < -0.3 is 10.0 Å². The van der Waals surface area contributed by atoms with Crippen molar-refractivity contribution in [2.75, 3.05) is 26.2 Å². The van der Waals surface area contributed by atoms with Crippen LogP contribution < -0.4 is 0 Å². The van der Waals surface area contributed by atoms with Crippen LogP contribution in [-0.2, 0) is 9.59 Å². The van der Waals surface area contributed by atoms with Crippen LogP contribution in [0.25, 0.3) is 0 Å². The molecule has 0 bridgehead atoms. The summed E-state index contributed by atoms with van der Waals surface area (Å²) in [5.41, 5.74) is 4.32. The van der Waals surface area contributed by atoms with Crippen LogP contribution in [0.2, 0.25) is 0 Å². The third-order valence-electron chi connectivity index (χ3n) is 6.67. The van der Waals surface area contributed by atoms with Crippen molar-refractivity contribution in [2.24, 2.45) is 0 Å². The lowest BCUT2D eigenvalue weighted by atomic mass is 9.89. The zero-order chi connectivity index (χ0) is 23.9. The summed E-state index contributed by atoms with van der Waals surface area (Å²) in [5.74, 6) is -0.984. The third-order valence-corrected chi connectivity index (χ3v) is 6.67. The molecule has 1 saturated heterocycles. The summed E-state index contributed by atoms with van der Waals surface area (Å²) in [5, 5.41) is 9.27. The van der Waals surface area contributed by atoms with Gasteiger partial charge in [-0.2, -0.15) is 0 Å². The molecular formula is C29H32N2O3. The van der Waals surface area contributed by atoms with Gasteiger partial charge in [0, 0.05) is 38.6 Å². The minimum absolute atomic E-state index is 0.0352. The summed E-state index contributed by atoms with van der Waals surface area (Å²) in [6.07, 6.45) is 0.685. The molecule has 34 heavy (non-hydrogen) atoms. The highest BCUT2D eigenvalue weighted by molar-refractivity contribution is 5.87. The molecule has 4 rings (SSSR count). The molecule has 1 amide bonds. The van der Waals surface area contributed by atoms with Crippen molar-refractivity contribution in [3.05, 3.63) is 107 Å².